The van der Waals surface area contributed by atoms with E-state index in [1.165, 1.54) is 12.1 Å². The van der Waals surface area contributed by atoms with Gasteiger partial charge in [-0.2, -0.15) is 5.26 Å². The molecule has 1 aliphatic rings. The van der Waals surface area contributed by atoms with Gasteiger partial charge in [0.1, 0.15) is 6.04 Å². The van der Waals surface area contributed by atoms with Gasteiger partial charge in [-0.25, -0.2) is 8.42 Å². The minimum Gasteiger partial charge on any atom is -0.344 e. The van der Waals surface area contributed by atoms with E-state index < -0.39 is 33.0 Å². The number of benzene rings is 3. The fourth-order valence-corrected chi connectivity index (χ4v) is 5.89. The number of Topliss-reactive ketones (excluding diaryl/α,β-unsaturated/α-hetero) is 1. The fourth-order valence-electron chi connectivity index (χ4n) is 4.03. The fraction of sp³-hybridized carbons (Fsp3) is 0.160. The van der Waals surface area contributed by atoms with Gasteiger partial charge in [-0.05, 0) is 36.8 Å². The summed E-state index contributed by atoms with van der Waals surface area (Å²) in [5, 5.41) is 10.3. The summed E-state index contributed by atoms with van der Waals surface area (Å²) in [4.78, 5) is 26.3. The molecule has 3 atom stereocenters. The van der Waals surface area contributed by atoms with Crippen molar-refractivity contribution < 1.29 is 18.0 Å². The molecule has 1 N–H and O–H groups in total. The lowest BCUT2D eigenvalue weighted by molar-refractivity contribution is -0.119. The predicted molar refractivity (Wildman–Crippen MR) is 119 cm³/mol. The van der Waals surface area contributed by atoms with Crippen molar-refractivity contribution in [3.05, 3.63) is 101 Å². The van der Waals surface area contributed by atoms with Crippen LogP contribution in [0.5, 0.6) is 0 Å². The van der Waals surface area contributed by atoms with Gasteiger partial charge in [-0.15, -0.1) is 0 Å². The highest BCUT2D eigenvalue weighted by molar-refractivity contribution is 7.93. The quantitative estimate of drug-likeness (QED) is 0.609. The molecule has 0 spiro atoms. The number of nitrogens with one attached hydrogen (secondary N) is 1. The summed E-state index contributed by atoms with van der Waals surface area (Å²) < 4.78 is 27.1. The monoisotopic (exact) mass is 444 g/mol. The van der Waals surface area contributed by atoms with Crippen LogP contribution in [-0.2, 0) is 14.6 Å². The molecular formula is C25H20N2O4S. The standard InChI is InChI=1S/C25H20N2O4S/c1-16-7-13-20(14-8-16)32(30,31)24-21(18-11-9-17(15-26)10-12-18)22(27-25(24)29)23(28)19-5-3-2-4-6-19/h2-14,21-22,24H,1H3,(H,27,29)/t21-,22-,24?/m0/s1. The summed E-state index contributed by atoms with van der Waals surface area (Å²) in [6.07, 6.45) is 0. The molecule has 0 aromatic heterocycles. The Morgan fingerprint density at radius 1 is 0.938 bits per heavy atom. The zero-order valence-electron chi connectivity index (χ0n) is 17.2. The number of nitriles is 1. The summed E-state index contributed by atoms with van der Waals surface area (Å²) in [7, 11) is -4.10. The van der Waals surface area contributed by atoms with Crippen molar-refractivity contribution >= 4 is 21.5 Å². The second-order valence-corrected chi connectivity index (χ2v) is 9.82. The van der Waals surface area contributed by atoms with Crippen LogP contribution in [0.3, 0.4) is 0 Å². The van der Waals surface area contributed by atoms with Crippen LogP contribution in [0, 0.1) is 18.3 Å². The van der Waals surface area contributed by atoms with Crippen molar-refractivity contribution in [3.63, 3.8) is 0 Å². The largest absolute Gasteiger partial charge is 0.344 e. The number of ketones is 1. The van der Waals surface area contributed by atoms with Gasteiger partial charge < -0.3 is 5.32 Å². The molecule has 4 rings (SSSR count). The van der Waals surface area contributed by atoms with Crippen molar-refractivity contribution in [2.24, 2.45) is 0 Å². The van der Waals surface area contributed by atoms with Crippen LogP contribution >= 0.6 is 0 Å². The number of hydrogen-bond acceptors (Lipinski definition) is 5. The average Bonchev–Trinajstić information content (AvgIpc) is 3.17. The molecule has 1 unspecified atom stereocenters. The lowest BCUT2D eigenvalue weighted by Gasteiger charge is -2.23. The maximum absolute atomic E-state index is 13.5. The van der Waals surface area contributed by atoms with Crippen LogP contribution in [0.1, 0.15) is 33.0 Å². The first-order valence-electron chi connectivity index (χ1n) is 10.0. The van der Waals surface area contributed by atoms with E-state index in [4.69, 9.17) is 5.26 Å². The summed E-state index contributed by atoms with van der Waals surface area (Å²) in [6, 6.07) is 22.0. The number of rotatable bonds is 5. The Hall–Kier alpha value is -3.76. The van der Waals surface area contributed by atoms with E-state index in [0.29, 0.717) is 16.7 Å². The molecule has 160 valence electrons. The SMILES string of the molecule is Cc1ccc(S(=O)(=O)C2C(=O)N[C@H](C(=O)c3ccccc3)[C@@H]2c2ccc(C#N)cc2)cc1. The van der Waals surface area contributed by atoms with Crippen LogP contribution in [-0.4, -0.2) is 31.4 Å². The second-order valence-electron chi connectivity index (χ2n) is 7.75. The summed E-state index contributed by atoms with van der Waals surface area (Å²) >= 11 is 0. The maximum Gasteiger partial charge on any atom is 0.240 e. The lowest BCUT2D eigenvalue weighted by atomic mass is 9.87. The number of sulfone groups is 1. The third kappa shape index (κ3) is 3.81. The molecule has 7 heteroatoms. The van der Waals surface area contributed by atoms with Gasteiger partial charge in [0.05, 0.1) is 16.5 Å². The second kappa shape index (κ2) is 8.40. The molecule has 6 nitrogen and oxygen atoms in total. The Bertz CT molecular complexity index is 1310. The summed E-state index contributed by atoms with van der Waals surface area (Å²) in [5.74, 6) is -2.03. The maximum atomic E-state index is 13.5. The third-order valence-electron chi connectivity index (χ3n) is 5.69. The average molecular weight is 445 g/mol. The van der Waals surface area contributed by atoms with Crippen molar-refractivity contribution in [2.75, 3.05) is 0 Å². The molecular weight excluding hydrogens is 424 g/mol. The Morgan fingerprint density at radius 2 is 1.56 bits per heavy atom. The molecule has 1 heterocycles. The summed E-state index contributed by atoms with van der Waals surface area (Å²) in [5.41, 5.74) is 2.16. The van der Waals surface area contributed by atoms with Crippen LogP contribution in [0.25, 0.3) is 0 Å². The molecule has 3 aromatic rings. The molecule has 0 saturated carbocycles. The Labute approximate surface area is 186 Å². The number of carbonyl (C=O) groups excluding carboxylic acids is 2. The molecule has 1 saturated heterocycles. The van der Waals surface area contributed by atoms with E-state index in [1.54, 1.807) is 66.7 Å². The van der Waals surface area contributed by atoms with E-state index in [9.17, 15) is 18.0 Å². The topological polar surface area (TPSA) is 104 Å². The first-order chi connectivity index (χ1) is 15.3. The predicted octanol–water partition coefficient (Wildman–Crippen LogP) is 3.17. The molecule has 0 aliphatic carbocycles. The molecule has 1 aliphatic heterocycles. The van der Waals surface area contributed by atoms with Crippen molar-refractivity contribution in [3.8, 4) is 6.07 Å². The highest BCUT2D eigenvalue weighted by Crippen LogP contribution is 2.37. The van der Waals surface area contributed by atoms with Crippen LogP contribution in [0.4, 0.5) is 0 Å². The van der Waals surface area contributed by atoms with Gasteiger partial charge in [0.2, 0.25) is 5.91 Å². The normalized spacial score (nSPS) is 20.4. The van der Waals surface area contributed by atoms with E-state index in [-0.39, 0.29) is 10.7 Å². The van der Waals surface area contributed by atoms with Gasteiger partial charge >= 0.3 is 0 Å². The van der Waals surface area contributed by atoms with Crippen LogP contribution in [0.2, 0.25) is 0 Å². The smallest absolute Gasteiger partial charge is 0.240 e. The van der Waals surface area contributed by atoms with Gasteiger partial charge in [0.15, 0.2) is 20.9 Å². The van der Waals surface area contributed by atoms with Crippen molar-refractivity contribution in [1.29, 1.82) is 5.26 Å². The number of aryl methyl sites for hydroxylation is 1. The third-order valence-corrected chi connectivity index (χ3v) is 7.80. The van der Waals surface area contributed by atoms with Crippen molar-refractivity contribution in [1.82, 2.24) is 5.32 Å². The Balaban J connectivity index is 1.84. The van der Waals surface area contributed by atoms with E-state index in [2.05, 4.69) is 5.32 Å². The Morgan fingerprint density at radius 3 is 2.16 bits per heavy atom. The number of amides is 1. The van der Waals surface area contributed by atoms with E-state index in [0.717, 1.165) is 5.56 Å². The Kier molecular flexibility index (Phi) is 5.64. The first kappa shape index (κ1) is 21.5. The minimum atomic E-state index is -4.10. The van der Waals surface area contributed by atoms with Gasteiger partial charge in [-0.1, -0.05) is 60.2 Å². The highest BCUT2D eigenvalue weighted by Gasteiger charge is 2.53. The number of hydrogen-bond donors (Lipinski definition) is 1. The highest BCUT2D eigenvalue weighted by atomic mass is 32.2. The molecule has 1 fully saturated rings. The summed E-state index contributed by atoms with van der Waals surface area (Å²) in [6.45, 7) is 1.84. The van der Waals surface area contributed by atoms with Crippen molar-refractivity contribution in [2.45, 2.75) is 29.0 Å². The van der Waals surface area contributed by atoms with E-state index >= 15 is 0 Å². The molecule has 3 aromatic carbocycles. The minimum absolute atomic E-state index is 0.0229. The van der Waals surface area contributed by atoms with Gasteiger partial charge in [0, 0.05) is 11.5 Å². The van der Waals surface area contributed by atoms with Gasteiger partial charge in [-0.3, -0.25) is 9.59 Å². The van der Waals surface area contributed by atoms with Crippen LogP contribution in [0.15, 0.2) is 83.8 Å². The lowest BCUT2D eigenvalue weighted by Crippen LogP contribution is -2.36. The number of carbonyl (C=O) groups is 2. The van der Waals surface area contributed by atoms with E-state index in [1.807, 2.05) is 13.0 Å². The molecule has 0 bridgehead atoms. The zero-order valence-corrected chi connectivity index (χ0v) is 18.0. The molecule has 32 heavy (non-hydrogen) atoms. The first-order valence-corrected chi connectivity index (χ1v) is 11.6. The van der Waals surface area contributed by atoms with Gasteiger partial charge in [0.25, 0.3) is 0 Å². The molecule has 0 radical (unpaired) electrons. The molecule has 1 amide bonds. The zero-order chi connectivity index (χ0) is 22.9. The van der Waals surface area contributed by atoms with Crippen LogP contribution < -0.4 is 5.32 Å². The number of nitrogens with zero attached hydrogens (tertiary/aromatic N) is 1.